The summed E-state index contributed by atoms with van der Waals surface area (Å²) in [6.45, 7) is 4.28. The zero-order valence-electron chi connectivity index (χ0n) is 6.25. The summed E-state index contributed by atoms with van der Waals surface area (Å²) in [7, 11) is 0. The highest BCUT2D eigenvalue weighted by atomic mass is 32.2. The highest BCUT2D eigenvalue weighted by molar-refractivity contribution is 7.77. The predicted molar refractivity (Wildman–Crippen MR) is 43.2 cm³/mol. The second kappa shape index (κ2) is 4.78. The van der Waals surface area contributed by atoms with E-state index in [2.05, 4.69) is 14.9 Å². The summed E-state index contributed by atoms with van der Waals surface area (Å²) in [5, 5.41) is 3.19. The van der Waals surface area contributed by atoms with Crippen molar-refractivity contribution in [2.75, 3.05) is 32.8 Å². The molecule has 0 aromatic rings. The second-order valence-electron chi connectivity index (χ2n) is 2.42. The first-order valence-corrected chi connectivity index (χ1v) is 4.67. The monoisotopic (exact) mass is 179 g/mol. The molecule has 6 heteroatoms. The van der Waals surface area contributed by atoms with Crippen LogP contribution >= 0.6 is 0 Å². The van der Waals surface area contributed by atoms with Crippen molar-refractivity contribution in [1.29, 1.82) is 0 Å². The molecule has 3 N–H and O–H groups in total. The maximum atomic E-state index is 10.2. The summed E-state index contributed by atoms with van der Waals surface area (Å²) >= 11 is -1.88. The molecule has 0 bridgehead atoms. The SMILES string of the molecule is O=S(O)NCN1CCNCC1. The molecule has 1 unspecified atom stereocenters. The van der Waals surface area contributed by atoms with Crippen molar-refractivity contribution in [3.05, 3.63) is 0 Å². The van der Waals surface area contributed by atoms with Crippen LogP contribution in [0.2, 0.25) is 0 Å². The number of hydrogen-bond donors (Lipinski definition) is 3. The van der Waals surface area contributed by atoms with E-state index in [-0.39, 0.29) is 0 Å². The maximum absolute atomic E-state index is 10.2. The van der Waals surface area contributed by atoms with Crippen LogP contribution in [0.1, 0.15) is 0 Å². The van der Waals surface area contributed by atoms with Crippen LogP contribution in [0.15, 0.2) is 0 Å². The van der Waals surface area contributed by atoms with Gasteiger partial charge in [0, 0.05) is 26.2 Å². The highest BCUT2D eigenvalue weighted by Crippen LogP contribution is 1.88. The zero-order valence-corrected chi connectivity index (χ0v) is 7.06. The average molecular weight is 179 g/mol. The third kappa shape index (κ3) is 3.78. The molecule has 0 radical (unpaired) electrons. The van der Waals surface area contributed by atoms with E-state index in [1.54, 1.807) is 0 Å². The third-order valence-electron chi connectivity index (χ3n) is 1.62. The smallest absolute Gasteiger partial charge is 0.232 e. The minimum absolute atomic E-state index is 0.491. The average Bonchev–Trinajstić information content (AvgIpc) is 2.03. The lowest BCUT2D eigenvalue weighted by molar-refractivity contribution is 0.237. The van der Waals surface area contributed by atoms with Crippen molar-refractivity contribution in [2.45, 2.75) is 0 Å². The molecule has 0 aromatic heterocycles. The lowest BCUT2D eigenvalue weighted by atomic mass is 10.4. The molecule has 1 aliphatic heterocycles. The normalized spacial score (nSPS) is 23.4. The number of hydrogen-bond acceptors (Lipinski definition) is 3. The number of rotatable bonds is 3. The molecule has 0 saturated carbocycles. The third-order valence-corrected chi connectivity index (χ3v) is 2.00. The summed E-state index contributed by atoms with van der Waals surface area (Å²) in [5.74, 6) is 0. The van der Waals surface area contributed by atoms with Crippen molar-refractivity contribution in [1.82, 2.24) is 14.9 Å². The Morgan fingerprint density at radius 1 is 1.55 bits per heavy atom. The molecule has 1 aliphatic rings. The van der Waals surface area contributed by atoms with E-state index in [0.29, 0.717) is 6.67 Å². The second-order valence-corrected chi connectivity index (χ2v) is 3.21. The van der Waals surface area contributed by atoms with Crippen molar-refractivity contribution in [2.24, 2.45) is 0 Å². The van der Waals surface area contributed by atoms with E-state index in [1.165, 1.54) is 0 Å². The standard InChI is InChI=1S/C5H13N3O2S/c9-11(10)7-5-8-3-1-6-2-4-8/h6-7H,1-5H2,(H,9,10). The Balaban J connectivity index is 2.09. The van der Waals surface area contributed by atoms with Gasteiger partial charge in [-0.05, 0) is 0 Å². The van der Waals surface area contributed by atoms with Crippen molar-refractivity contribution < 1.29 is 8.76 Å². The summed E-state index contributed by atoms with van der Waals surface area (Å²) in [4.78, 5) is 2.09. The number of nitrogens with one attached hydrogen (secondary N) is 2. The van der Waals surface area contributed by atoms with E-state index >= 15 is 0 Å². The molecule has 66 valence electrons. The molecule has 0 amide bonds. The topological polar surface area (TPSA) is 64.6 Å². The zero-order chi connectivity index (χ0) is 8.10. The van der Waals surface area contributed by atoms with E-state index in [9.17, 15) is 4.21 Å². The van der Waals surface area contributed by atoms with Gasteiger partial charge >= 0.3 is 0 Å². The maximum Gasteiger partial charge on any atom is 0.232 e. The van der Waals surface area contributed by atoms with Crippen LogP contribution in [0.5, 0.6) is 0 Å². The fourth-order valence-electron chi connectivity index (χ4n) is 1.02. The van der Waals surface area contributed by atoms with Gasteiger partial charge < -0.3 is 5.32 Å². The minimum atomic E-state index is -1.88. The molecule has 0 spiro atoms. The first kappa shape index (κ1) is 9.08. The molecule has 1 heterocycles. The Hall–Kier alpha value is -0.0100. The Labute approximate surface area is 68.6 Å². The summed E-state index contributed by atoms with van der Waals surface area (Å²) in [5.41, 5.74) is 0. The fourth-order valence-corrected chi connectivity index (χ4v) is 1.31. The van der Waals surface area contributed by atoms with Crippen LogP contribution in [0.3, 0.4) is 0 Å². The highest BCUT2D eigenvalue weighted by Gasteiger charge is 2.08. The molecule has 11 heavy (non-hydrogen) atoms. The summed E-state index contributed by atoms with van der Waals surface area (Å²) in [6.07, 6.45) is 0. The molecule has 0 aliphatic carbocycles. The fraction of sp³-hybridized carbons (Fsp3) is 1.00. The largest absolute Gasteiger partial charge is 0.314 e. The van der Waals surface area contributed by atoms with Crippen LogP contribution in [0, 0.1) is 0 Å². The Kier molecular flexibility index (Phi) is 3.95. The summed E-state index contributed by atoms with van der Waals surface area (Å²) < 4.78 is 21.0. The van der Waals surface area contributed by atoms with Gasteiger partial charge in [0.15, 0.2) is 0 Å². The van der Waals surface area contributed by atoms with Crippen molar-refractivity contribution >= 4 is 11.3 Å². The van der Waals surface area contributed by atoms with E-state index in [0.717, 1.165) is 26.2 Å². The van der Waals surface area contributed by atoms with Crippen LogP contribution < -0.4 is 10.0 Å². The van der Waals surface area contributed by atoms with Crippen molar-refractivity contribution in [3.8, 4) is 0 Å². The van der Waals surface area contributed by atoms with Gasteiger partial charge in [0.05, 0.1) is 6.67 Å². The van der Waals surface area contributed by atoms with Gasteiger partial charge in [-0.25, -0.2) is 8.93 Å². The molecular weight excluding hydrogens is 166 g/mol. The van der Waals surface area contributed by atoms with Crippen molar-refractivity contribution in [3.63, 3.8) is 0 Å². The Morgan fingerprint density at radius 3 is 2.73 bits per heavy atom. The molecular formula is C5H13N3O2S. The van der Waals surface area contributed by atoms with E-state index in [4.69, 9.17) is 4.55 Å². The lowest BCUT2D eigenvalue weighted by Crippen LogP contribution is -2.47. The Morgan fingerprint density at radius 2 is 2.18 bits per heavy atom. The van der Waals surface area contributed by atoms with Gasteiger partial charge in [0.25, 0.3) is 0 Å². The number of nitrogens with zero attached hydrogens (tertiary/aromatic N) is 1. The van der Waals surface area contributed by atoms with Gasteiger partial charge in [0.2, 0.25) is 11.3 Å². The van der Waals surface area contributed by atoms with Gasteiger partial charge in [-0.15, -0.1) is 0 Å². The van der Waals surface area contributed by atoms with Gasteiger partial charge in [-0.2, -0.15) is 0 Å². The Bertz CT molecular complexity index is 138. The van der Waals surface area contributed by atoms with E-state index in [1.807, 2.05) is 0 Å². The van der Waals surface area contributed by atoms with Crippen LogP contribution in [0.25, 0.3) is 0 Å². The van der Waals surface area contributed by atoms with Crippen LogP contribution in [-0.4, -0.2) is 46.5 Å². The number of piperazine rings is 1. The summed E-state index contributed by atoms with van der Waals surface area (Å²) in [6, 6.07) is 0. The molecule has 1 atom stereocenters. The van der Waals surface area contributed by atoms with Gasteiger partial charge in [0.1, 0.15) is 0 Å². The van der Waals surface area contributed by atoms with Gasteiger partial charge in [-0.1, -0.05) is 0 Å². The first-order valence-electron chi connectivity index (χ1n) is 3.56. The molecule has 1 rings (SSSR count). The van der Waals surface area contributed by atoms with Crippen LogP contribution in [-0.2, 0) is 11.3 Å². The van der Waals surface area contributed by atoms with E-state index < -0.39 is 11.3 Å². The lowest BCUT2D eigenvalue weighted by Gasteiger charge is -2.26. The molecule has 1 saturated heterocycles. The molecule has 1 fully saturated rings. The predicted octanol–water partition coefficient (Wildman–Crippen LogP) is -1.42. The minimum Gasteiger partial charge on any atom is -0.314 e. The molecule has 5 nitrogen and oxygen atoms in total. The molecule has 0 aromatic carbocycles. The first-order chi connectivity index (χ1) is 5.29. The van der Waals surface area contributed by atoms with Gasteiger partial charge in [-0.3, -0.25) is 9.45 Å². The van der Waals surface area contributed by atoms with Crippen LogP contribution in [0.4, 0.5) is 0 Å². The quantitative estimate of drug-likeness (QED) is 0.465.